The molecule has 0 aliphatic rings. The van der Waals surface area contributed by atoms with E-state index in [0.717, 1.165) is 0 Å². The van der Waals surface area contributed by atoms with Crippen molar-refractivity contribution in [2.24, 2.45) is 5.92 Å². The van der Waals surface area contributed by atoms with E-state index in [1.165, 1.54) is 33.7 Å². The zero-order valence-electron chi connectivity index (χ0n) is 15.0. The minimum absolute atomic E-state index is 0.0918. The number of ether oxygens (including phenoxy) is 1. The van der Waals surface area contributed by atoms with Crippen LogP contribution in [0.2, 0.25) is 0 Å². The summed E-state index contributed by atoms with van der Waals surface area (Å²) in [6, 6.07) is 5.68. The molecular formula is C18H21FN4O3. The van der Waals surface area contributed by atoms with Crippen LogP contribution in [0.4, 0.5) is 4.39 Å². The van der Waals surface area contributed by atoms with Gasteiger partial charge in [0.1, 0.15) is 5.82 Å². The van der Waals surface area contributed by atoms with Crippen molar-refractivity contribution in [3.05, 3.63) is 57.2 Å². The predicted molar refractivity (Wildman–Crippen MR) is 96.3 cm³/mol. The van der Waals surface area contributed by atoms with E-state index in [1.54, 1.807) is 17.7 Å². The predicted octanol–water partition coefficient (Wildman–Crippen LogP) is 1.79. The molecule has 0 aliphatic heterocycles. The van der Waals surface area contributed by atoms with Crippen molar-refractivity contribution in [1.29, 1.82) is 0 Å². The maximum absolute atomic E-state index is 13.7. The number of imidazole rings is 1. The van der Waals surface area contributed by atoms with Gasteiger partial charge in [-0.15, -0.1) is 0 Å². The normalized spacial score (nSPS) is 11.6. The summed E-state index contributed by atoms with van der Waals surface area (Å²) in [5.74, 6) is -0.378. The first-order valence-corrected chi connectivity index (χ1v) is 8.39. The number of aromatic nitrogens is 4. The summed E-state index contributed by atoms with van der Waals surface area (Å²) in [6.07, 6.45) is 1.50. The summed E-state index contributed by atoms with van der Waals surface area (Å²) in [5.41, 5.74) is -0.0958. The number of benzene rings is 1. The van der Waals surface area contributed by atoms with Gasteiger partial charge in [0, 0.05) is 20.2 Å². The van der Waals surface area contributed by atoms with Gasteiger partial charge < -0.3 is 9.30 Å². The summed E-state index contributed by atoms with van der Waals surface area (Å²) in [5, 5.41) is 0. The van der Waals surface area contributed by atoms with E-state index >= 15 is 0 Å². The van der Waals surface area contributed by atoms with E-state index in [-0.39, 0.29) is 18.1 Å². The van der Waals surface area contributed by atoms with Crippen molar-refractivity contribution in [1.82, 2.24) is 18.7 Å². The van der Waals surface area contributed by atoms with Crippen LogP contribution in [0.25, 0.3) is 16.9 Å². The molecule has 0 saturated carbocycles. The van der Waals surface area contributed by atoms with Gasteiger partial charge in [0.25, 0.3) is 5.56 Å². The summed E-state index contributed by atoms with van der Waals surface area (Å²) < 4.78 is 22.9. The first-order valence-electron chi connectivity index (χ1n) is 8.39. The molecule has 0 radical (unpaired) electrons. The van der Waals surface area contributed by atoms with E-state index in [9.17, 15) is 14.0 Å². The molecule has 0 fully saturated rings. The van der Waals surface area contributed by atoms with Crippen molar-refractivity contribution in [2.45, 2.75) is 26.9 Å². The molecule has 138 valence electrons. The van der Waals surface area contributed by atoms with Crippen molar-refractivity contribution in [3.63, 3.8) is 0 Å². The molecule has 3 aromatic rings. The van der Waals surface area contributed by atoms with Crippen LogP contribution in [0, 0.1) is 11.7 Å². The Kier molecular flexibility index (Phi) is 5.03. The van der Waals surface area contributed by atoms with Gasteiger partial charge >= 0.3 is 5.69 Å². The lowest BCUT2D eigenvalue weighted by atomic mass is 10.2. The zero-order chi connectivity index (χ0) is 18.8. The maximum atomic E-state index is 13.7. The first kappa shape index (κ1) is 18.1. The van der Waals surface area contributed by atoms with Crippen molar-refractivity contribution in [2.75, 3.05) is 13.7 Å². The number of fused-ring (bicyclic) bond motifs is 1. The molecule has 8 heteroatoms. The average molecular weight is 360 g/mol. The van der Waals surface area contributed by atoms with Crippen LogP contribution in [0.1, 0.15) is 13.8 Å². The summed E-state index contributed by atoms with van der Waals surface area (Å²) in [7, 11) is 1.57. The molecule has 3 rings (SSSR count). The fourth-order valence-electron chi connectivity index (χ4n) is 2.91. The highest BCUT2D eigenvalue weighted by Gasteiger charge is 2.19. The smallest absolute Gasteiger partial charge is 0.337 e. The van der Waals surface area contributed by atoms with Gasteiger partial charge in [-0.2, -0.15) is 0 Å². The third-order valence-electron chi connectivity index (χ3n) is 4.05. The Morgan fingerprint density at radius 1 is 1.27 bits per heavy atom. The lowest BCUT2D eigenvalue weighted by Gasteiger charge is -2.14. The molecule has 0 unspecified atom stereocenters. The Bertz CT molecular complexity index is 1050. The Morgan fingerprint density at radius 3 is 2.69 bits per heavy atom. The highest BCUT2D eigenvalue weighted by molar-refractivity contribution is 5.72. The average Bonchev–Trinajstić information content (AvgIpc) is 3.00. The molecule has 2 heterocycles. The Morgan fingerprint density at radius 2 is 2.04 bits per heavy atom. The Hall–Kier alpha value is -2.74. The van der Waals surface area contributed by atoms with E-state index in [2.05, 4.69) is 4.98 Å². The quantitative estimate of drug-likeness (QED) is 0.672. The lowest BCUT2D eigenvalue weighted by molar-refractivity contribution is 0.188. The second kappa shape index (κ2) is 7.25. The van der Waals surface area contributed by atoms with E-state index in [0.29, 0.717) is 24.4 Å². The third-order valence-corrected chi connectivity index (χ3v) is 4.05. The summed E-state index contributed by atoms with van der Waals surface area (Å²) in [6.45, 7) is 4.92. The van der Waals surface area contributed by atoms with Gasteiger partial charge in [0.2, 0.25) is 0 Å². The minimum atomic E-state index is -0.529. The fraction of sp³-hybridized carbons (Fsp3) is 0.389. The highest BCUT2D eigenvalue weighted by Crippen LogP contribution is 2.14. The van der Waals surface area contributed by atoms with Crippen molar-refractivity contribution < 1.29 is 9.13 Å². The molecule has 0 saturated heterocycles. The van der Waals surface area contributed by atoms with E-state index in [1.807, 2.05) is 13.8 Å². The van der Waals surface area contributed by atoms with Crippen LogP contribution in [0.15, 0.2) is 40.2 Å². The van der Waals surface area contributed by atoms with Gasteiger partial charge in [-0.25, -0.2) is 18.7 Å². The Balaban J connectivity index is 2.37. The van der Waals surface area contributed by atoms with Crippen LogP contribution in [0.5, 0.6) is 0 Å². The summed E-state index contributed by atoms with van der Waals surface area (Å²) in [4.78, 5) is 30.2. The zero-order valence-corrected chi connectivity index (χ0v) is 15.0. The number of methoxy groups -OCH3 is 1. The minimum Gasteiger partial charge on any atom is -0.383 e. The van der Waals surface area contributed by atoms with Crippen LogP contribution in [0.3, 0.4) is 0 Å². The topological polar surface area (TPSA) is 71.1 Å². The molecule has 26 heavy (non-hydrogen) atoms. The molecule has 2 aromatic heterocycles. The van der Waals surface area contributed by atoms with E-state index in [4.69, 9.17) is 4.74 Å². The van der Waals surface area contributed by atoms with Gasteiger partial charge in [0.05, 0.1) is 18.6 Å². The summed E-state index contributed by atoms with van der Waals surface area (Å²) >= 11 is 0. The van der Waals surface area contributed by atoms with Crippen LogP contribution in [-0.4, -0.2) is 32.4 Å². The van der Waals surface area contributed by atoms with Gasteiger partial charge in [-0.1, -0.05) is 19.9 Å². The number of hydrogen-bond donors (Lipinski definition) is 0. The lowest BCUT2D eigenvalue weighted by Crippen LogP contribution is -2.41. The fourth-order valence-corrected chi connectivity index (χ4v) is 2.91. The molecule has 0 atom stereocenters. The van der Waals surface area contributed by atoms with Gasteiger partial charge in [0.15, 0.2) is 11.2 Å². The molecular weight excluding hydrogens is 339 g/mol. The maximum Gasteiger partial charge on any atom is 0.337 e. The second-order valence-corrected chi connectivity index (χ2v) is 6.51. The Labute approximate surface area is 149 Å². The molecule has 0 spiro atoms. The van der Waals surface area contributed by atoms with Crippen molar-refractivity contribution >= 4 is 11.2 Å². The number of halogens is 1. The standard InChI is InChI=1S/C18H21FN4O3/c1-12(2)10-22-17(24)15-16(20-11-21(15)7-8-26-3)23(18(22)25)14-6-4-5-13(19)9-14/h4-6,9,11-12H,7-8,10H2,1-3H3. The number of rotatable bonds is 6. The van der Waals surface area contributed by atoms with Crippen molar-refractivity contribution in [3.8, 4) is 5.69 Å². The SMILES string of the molecule is COCCn1cnc2c1c(=O)n(CC(C)C)c(=O)n2-c1cccc(F)c1. The molecule has 0 aliphatic carbocycles. The third kappa shape index (κ3) is 3.20. The number of hydrogen-bond acceptors (Lipinski definition) is 4. The highest BCUT2D eigenvalue weighted by atomic mass is 19.1. The van der Waals surface area contributed by atoms with Gasteiger partial charge in [-0.05, 0) is 24.1 Å². The van der Waals surface area contributed by atoms with Crippen LogP contribution < -0.4 is 11.2 Å². The van der Waals surface area contributed by atoms with Crippen LogP contribution >= 0.6 is 0 Å². The second-order valence-electron chi connectivity index (χ2n) is 6.51. The monoisotopic (exact) mass is 360 g/mol. The number of nitrogens with zero attached hydrogens (tertiary/aromatic N) is 4. The van der Waals surface area contributed by atoms with Gasteiger partial charge in [-0.3, -0.25) is 9.36 Å². The first-order chi connectivity index (χ1) is 12.4. The largest absolute Gasteiger partial charge is 0.383 e. The molecule has 0 bridgehead atoms. The molecule has 0 amide bonds. The molecule has 1 aromatic carbocycles. The van der Waals surface area contributed by atoms with E-state index < -0.39 is 17.1 Å². The molecule has 0 N–H and O–H groups in total. The molecule has 7 nitrogen and oxygen atoms in total. The van der Waals surface area contributed by atoms with Crippen LogP contribution in [-0.2, 0) is 17.8 Å².